The molecular weight excluding hydrogens is 429 g/mol. The highest BCUT2D eigenvalue weighted by Crippen LogP contribution is 2.41. The number of nitrogens with one attached hydrogen (secondary N) is 1. The molecule has 1 N–H and O–H groups in total. The molecule has 4 heterocycles. The molecule has 0 radical (unpaired) electrons. The molecule has 0 unspecified atom stereocenters. The van der Waals surface area contributed by atoms with Gasteiger partial charge in [-0.15, -0.1) is 0 Å². The van der Waals surface area contributed by atoms with Crippen LogP contribution in [0.1, 0.15) is 42.3 Å². The van der Waals surface area contributed by atoms with Crippen molar-refractivity contribution in [2.75, 3.05) is 24.7 Å². The molecule has 0 aliphatic carbocycles. The first-order valence-corrected chi connectivity index (χ1v) is 10.8. The quantitative estimate of drug-likeness (QED) is 0.568. The van der Waals surface area contributed by atoms with Crippen molar-refractivity contribution in [3.05, 3.63) is 52.4 Å². The number of rotatable bonds is 3. The van der Waals surface area contributed by atoms with Gasteiger partial charge < -0.3 is 14.6 Å². The Morgan fingerprint density at radius 3 is 2.90 bits per heavy atom. The van der Waals surface area contributed by atoms with Crippen LogP contribution in [0.3, 0.4) is 0 Å². The molecular formula is C22H22ClF3N4O. The lowest BCUT2D eigenvalue weighted by Gasteiger charge is -2.38. The van der Waals surface area contributed by atoms with Crippen LogP contribution in [0, 0.1) is 5.92 Å². The van der Waals surface area contributed by atoms with Crippen LogP contribution in [-0.4, -0.2) is 34.7 Å². The minimum absolute atomic E-state index is 0.110. The van der Waals surface area contributed by atoms with Gasteiger partial charge >= 0.3 is 6.18 Å². The lowest BCUT2D eigenvalue weighted by molar-refractivity contribution is -0.141. The van der Waals surface area contributed by atoms with Crippen molar-refractivity contribution in [3.8, 4) is 0 Å². The van der Waals surface area contributed by atoms with Crippen molar-refractivity contribution >= 4 is 28.5 Å². The zero-order valence-electron chi connectivity index (χ0n) is 16.8. The number of halogens is 4. The summed E-state index contributed by atoms with van der Waals surface area (Å²) in [6.07, 6.45) is 0.136. The predicted molar refractivity (Wildman–Crippen MR) is 112 cm³/mol. The fraction of sp³-hybridized carbons (Fsp3) is 0.455. The number of aromatic nitrogens is 3. The van der Waals surface area contributed by atoms with Crippen molar-refractivity contribution in [1.29, 1.82) is 0 Å². The Morgan fingerprint density at radius 2 is 2.13 bits per heavy atom. The van der Waals surface area contributed by atoms with E-state index in [-0.39, 0.29) is 12.0 Å². The predicted octanol–water partition coefficient (Wildman–Crippen LogP) is 5.55. The second-order valence-electron chi connectivity index (χ2n) is 8.22. The summed E-state index contributed by atoms with van der Waals surface area (Å²) >= 11 is 6.23. The van der Waals surface area contributed by atoms with E-state index in [0.29, 0.717) is 30.5 Å². The Kier molecular flexibility index (Phi) is 5.30. The smallest absolute Gasteiger partial charge is 0.381 e. The van der Waals surface area contributed by atoms with Crippen molar-refractivity contribution in [1.82, 2.24) is 15.0 Å². The van der Waals surface area contributed by atoms with Crippen molar-refractivity contribution < 1.29 is 17.9 Å². The van der Waals surface area contributed by atoms with Crippen LogP contribution in [0.5, 0.6) is 0 Å². The number of anilines is 1. The first kappa shape index (κ1) is 20.6. The molecule has 5 rings (SSSR count). The van der Waals surface area contributed by atoms with Gasteiger partial charge in [-0.1, -0.05) is 11.6 Å². The zero-order valence-corrected chi connectivity index (χ0v) is 17.5. The van der Waals surface area contributed by atoms with E-state index in [1.807, 2.05) is 23.1 Å². The molecule has 0 amide bonds. The van der Waals surface area contributed by atoms with E-state index in [0.717, 1.165) is 48.5 Å². The summed E-state index contributed by atoms with van der Waals surface area (Å²) in [5.74, 6) is 0.437. The van der Waals surface area contributed by atoms with Gasteiger partial charge in [0.1, 0.15) is 5.69 Å². The molecule has 5 nitrogen and oxygen atoms in total. The maximum Gasteiger partial charge on any atom is 0.433 e. The van der Waals surface area contributed by atoms with Gasteiger partial charge in [0.05, 0.1) is 6.04 Å². The van der Waals surface area contributed by atoms with Crippen molar-refractivity contribution in [2.24, 2.45) is 5.92 Å². The monoisotopic (exact) mass is 450 g/mol. The topological polar surface area (TPSA) is 54.0 Å². The summed E-state index contributed by atoms with van der Waals surface area (Å²) in [6, 6.07) is 6.48. The SMILES string of the molecule is FC(F)(F)c1ccnc(N2CCc3c([nH]c4ccc(Cl)cc34)[C@@H]2C[C@H]2CCCOC2)n1. The summed E-state index contributed by atoms with van der Waals surface area (Å²) < 4.78 is 45.5. The van der Waals surface area contributed by atoms with Crippen molar-refractivity contribution in [3.63, 3.8) is 0 Å². The van der Waals surface area contributed by atoms with Crippen LogP contribution in [-0.2, 0) is 17.3 Å². The van der Waals surface area contributed by atoms with E-state index in [1.165, 1.54) is 11.8 Å². The molecule has 1 aromatic carbocycles. The summed E-state index contributed by atoms with van der Waals surface area (Å²) in [7, 11) is 0. The van der Waals surface area contributed by atoms with Gasteiger partial charge in [0.15, 0.2) is 0 Å². The number of benzene rings is 1. The Morgan fingerprint density at radius 1 is 1.26 bits per heavy atom. The molecule has 3 aromatic rings. The van der Waals surface area contributed by atoms with E-state index in [2.05, 4.69) is 15.0 Å². The lowest BCUT2D eigenvalue weighted by Crippen LogP contribution is -2.38. The molecule has 1 fully saturated rings. The van der Waals surface area contributed by atoms with Gasteiger partial charge in [-0.3, -0.25) is 0 Å². The highest BCUT2D eigenvalue weighted by atomic mass is 35.5. The van der Waals surface area contributed by atoms with E-state index < -0.39 is 11.9 Å². The second kappa shape index (κ2) is 7.98. The van der Waals surface area contributed by atoms with Crippen LogP contribution in [0.2, 0.25) is 5.02 Å². The third-order valence-electron chi connectivity index (χ3n) is 6.21. The maximum absolute atomic E-state index is 13.3. The van der Waals surface area contributed by atoms with E-state index in [9.17, 15) is 13.2 Å². The van der Waals surface area contributed by atoms with Crippen LogP contribution in [0.4, 0.5) is 19.1 Å². The molecule has 2 aromatic heterocycles. The average molecular weight is 451 g/mol. The lowest BCUT2D eigenvalue weighted by atomic mass is 9.88. The van der Waals surface area contributed by atoms with Gasteiger partial charge in [-0.2, -0.15) is 13.2 Å². The maximum atomic E-state index is 13.3. The van der Waals surface area contributed by atoms with Gasteiger partial charge in [-0.05, 0) is 61.4 Å². The molecule has 1 saturated heterocycles. The van der Waals surface area contributed by atoms with Gasteiger partial charge in [0, 0.05) is 47.6 Å². The Labute approximate surface area is 182 Å². The van der Waals surface area contributed by atoms with E-state index in [4.69, 9.17) is 16.3 Å². The van der Waals surface area contributed by atoms with Crippen LogP contribution >= 0.6 is 11.6 Å². The highest BCUT2D eigenvalue weighted by Gasteiger charge is 2.37. The number of hydrogen-bond donors (Lipinski definition) is 1. The van der Waals surface area contributed by atoms with E-state index >= 15 is 0 Å². The first-order valence-electron chi connectivity index (χ1n) is 10.4. The normalized spacial score (nSPS) is 22.0. The minimum atomic E-state index is -4.51. The Hall–Kier alpha value is -2.32. The number of aromatic amines is 1. The average Bonchev–Trinajstić information content (AvgIpc) is 3.12. The highest BCUT2D eigenvalue weighted by molar-refractivity contribution is 6.31. The largest absolute Gasteiger partial charge is 0.433 e. The molecule has 0 saturated carbocycles. The summed E-state index contributed by atoms with van der Waals surface area (Å²) in [4.78, 5) is 13.5. The molecule has 2 atom stereocenters. The van der Waals surface area contributed by atoms with Gasteiger partial charge in [0.2, 0.25) is 5.95 Å². The molecule has 164 valence electrons. The number of hydrogen-bond acceptors (Lipinski definition) is 4. The minimum Gasteiger partial charge on any atom is -0.381 e. The molecule has 0 bridgehead atoms. The van der Waals surface area contributed by atoms with Crippen LogP contribution in [0.25, 0.3) is 10.9 Å². The third kappa shape index (κ3) is 3.99. The molecule has 2 aliphatic rings. The second-order valence-corrected chi connectivity index (χ2v) is 8.66. The molecule has 9 heteroatoms. The van der Waals surface area contributed by atoms with Crippen LogP contribution < -0.4 is 4.90 Å². The summed E-state index contributed by atoms with van der Waals surface area (Å²) in [5.41, 5.74) is 2.23. The molecule has 2 aliphatic heterocycles. The number of H-pyrrole nitrogens is 1. The van der Waals surface area contributed by atoms with Gasteiger partial charge in [0.25, 0.3) is 0 Å². The fourth-order valence-corrected chi connectivity index (χ4v) is 4.95. The molecule has 31 heavy (non-hydrogen) atoms. The number of ether oxygens (including phenoxy) is 1. The first-order chi connectivity index (χ1) is 14.9. The van der Waals surface area contributed by atoms with Crippen LogP contribution in [0.15, 0.2) is 30.5 Å². The van der Waals surface area contributed by atoms with Gasteiger partial charge in [-0.25, -0.2) is 9.97 Å². The third-order valence-corrected chi connectivity index (χ3v) is 6.45. The summed E-state index contributed by atoms with van der Waals surface area (Å²) in [5, 5.41) is 1.73. The fourth-order valence-electron chi connectivity index (χ4n) is 4.78. The number of fused-ring (bicyclic) bond motifs is 3. The molecule has 0 spiro atoms. The van der Waals surface area contributed by atoms with Crippen molar-refractivity contribution in [2.45, 2.75) is 37.9 Å². The number of nitrogens with zero attached hydrogens (tertiary/aromatic N) is 3. The zero-order chi connectivity index (χ0) is 21.6. The Balaban J connectivity index is 1.57. The standard InChI is InChI=1S/C22H22ClF3N4O/c23-14-3-4-17-16(11-14)15-6-8-30(21-27-7-5-19(29-21)22(24,25)26)18(20(15)28-17)10-13-2-1-9-31-12-13/h3-5,7,11,13,18,28H,1-2,6,8-10,12H2/t13-,18+/m1/s1. The summed E-state index contributed by atoms with van der Waals surface area (Å²) in [6.45, 7) is 1.96. The number of alkyl halides is 3. The Bertz CT molecular complexity index is 1090. The van der Waals surface area contributed by atoms with E-state index in [1.54, 1.807) is 0 Å².